The summed E-state index contributed by atoms with van der Waals surface area (Å²) >= 11 is 6.19. The number of morpholine rings is 1. The maximum Gasteiger partial charge on any atom is 0.223 e. The van der Waals surface area contributed by atoms with Crippen LogP contribution >= 0.6 is 24.0 Å². The molecule has 26 heavy (non-hydrogen) atoms. The number of nitrogens with one attached hydrogen (secondary N) is 2. The molecule has 0 bridgehead atoms. The van der Waals surface area contributed by atoms with Crippen LogP contribution in [0.4, 0.5) is 0 Å². The molecule has 0 radical (unpaired) electrons. The van der Waals surface area contributed by atoms with E-state index in [1.54, 1.807) is 0 Å². The van der Waals surface area contributed by atoms with E-state index in [4.69, 9.17) is 16.3 Å². The molecule has 146 valence electrons. The Hall–Kier alpha value is -0.850. The Bertz CT molecular complexity index is 582. The molecule has 2 fully saturated rings. The van der Waals surface area contributed by atoms with E-state index in [9.17, 15) is 4.79 Å². The van der Waals surface area contributed by atoms with E-state index in [0.717, 1.165) is 56.3 Å². The normalized spacial score (nSPS) is 25.2. The molecular formula is C19H29Cl2N3O2. The smallest absolute Gasteiger partial charge is 0.223 e. The summed E-state index contributed by atoms with van der Waals surface area (Å²) in [5.74, 6) is 0.287. The Kier molecular flexibility index (Phi) is 8.64. The van der Waals surface area contributed by atoms with Crippen LogP contribution in [-0.2, 0) is 9.53 Å². The molecule has 2 aliphatic rings. The lowest BCUT2D eigenvalue weighted by Gasteiger charge is -2.35. The Morgan fingerprint density at radius 2 is 2.19 bits per heavy atom. The second-order valence-electron chi connectivity index (χ2n) is 7.04. The van der Waals surface area contributed by atoms with Gasteiger partial charge in [0, 0.05) is 36.6 Å². The first-order valence-corrected chi connectivity index (χ1v) is 9.59. The number of nitrogens with zero attached hydrogens (tertiary/aromatic N) is 1. The molecule has 3 atom stereocenters. The SMILES string of the molecule is C[C@H]1C[C@@H](C(=O)NCC(c2cccc(Cl)c2)N2CCOCC2)CCN1.Cl. The van der Waals surface area contributed by atoms with Crippen molar-refractivity contribution < 1.29 is 9.53 Å². The minimum atomic E-state index is 0. The van der Waals surface area contributed by atoms with E-state index in [0.29, 0.717) is 12.6 Å². The molecule has 2 heterocycles. The summed E-state index contributed by atoms with van der Waals surface area (Å²) in [6, 6.07) is 8.49. The second kappa shape index (κ2) is 10.5. The number of amides is 1. The van der Waals surface area contributed by atoms with Gasteiger partial charge in [-0.05, 0) is 44.0 Å². The van der Waals surface area contributed by atoms with Gasteiger partial charge in [0.2, 0.25) is 5.91 Å². The summed E-state index contributed by atoms with van der Waals surface area (Å²) in [4.78, 5) is 15.0. The Balaban J connectivity index is 0.00000243. The van der Waals surface area contributed by atoms with Gasteiger partial charge in [-0.1, -0.05) is 23.7 Å². The van der Waals surface area contributed by atoms with Crippen LogP contribution in [0.1, 0.15) is 31.4 Å². The van der Waals surface area contributed by atoms with E-state index in [1.807, 2.05) is 18.2 Å². The summed E-state index contributed by atoms with van der Waals surface area (Å²) < 4.78 is 5.48. The zero-order chi connectivity index (χ0) is 17.6. The van der Waals surface area contributed by atoms with Crippen molar-refractivity contribution >= 4 is 29.9 Å². The highest BCUT2D eigenvalue weighted by Gasteiger charge is 2.27. The number of carbonyl (C=O) groups is 1. The molecule has 2 N–H and O–H groups in total. The molecule has 1 unspecified atom stereocenters. The van der Waals surface area contributed by atoms with Crippen LogP contribution in [0.15, 0.2) is 24.3 Å². The molecule has 2 saturated heterocycles. The lowest BCUT2D eigenvalue weighted by Crippen LogP contribution is -2.46. The van der Waals surface area contributed by atoms with E-state index in [-0.39, 0.29) is 30.3 Å². The summed E-state index contributed by atoms with van der Waals surface area (Å²) in [7, 11) is 0. The highest BCUT2D eigenvalue weighted by atomic mass is 35.5. The van der Waals surface area contributed by atoms with E-state index in [1.165, 1.54) is 0 Å². The molecular weight excluding hydrogens is 373 g/mol. The van der Waals surface area contributed by atoms with Gasteiger partial charge in [-0.15, -0.1) is 12.4 Å². The van der Waals surface area contributed by atoms with Crippen LogP contribution in [0.3, 0.4) is 0 Å². The lowest BCUT2D eigenvalue weighted by atomic mass is 9.92. The lowest BCUT2D eigenvalue weighted by molar-refractivity contribution is -0.126. The van der Waals surface area contributed by atoms with Crippen molar-refractivity contribution in [3.05, 3.63) is 34.9 Å². The fraction of sp³-hybridized carbons (Fsp3) is 0.632. The Morgan fingerprint density at radius 3 is 2.88 bits per heavy atom. The van der Waals surface area contributed by atoms with Crippen LogP contribution in [0.5, 0.6) is 0 Å². The fourth-order valence-electron chi connectivity index (χ4n) is 3.77. The van der Waals surface area contributed by atoms with Crippen molar-refractivity contribution in [3.8, 4) is 0 Å². The third-order valence-corrected chi connectivity index (χ3v) is 5.42. The quantitative estimate of drug-likeness (QED) is 0.795. The molecule has 2 aliphatic heterocycles. The van der Waals surface area contributed by atoms with Gasteiger partial charge in [0.1, 0.15) is 0 Å². The van der Waals surface area contributed by atoms with Gasteiger partial charge in [-0.3, -0.25) is 9.69 Å². The molecule has 0 spiro atoms. The average Bonchev–Trinajstić information content (AvgIpc) is 2.63. The number of hydrogen-bond acceptors (Lipinski definition) is 4. The van der Waals surface area contributed by atoms with Crippen molar-refractivity contribution in [2.75, 3.05) is 39.4 Å². The number of hydrogen-bond donors (Lipinski definition) is 2. The zero-order valence-corrected chi connectivity index (χ0v) is 16.8. The number of halogens is 2. The average molecular weight is 402 g/mol. The van der Waals surface area contributed by atoms with E-state index >= 15 is 0 Å². The molecule has 0 aromatic heterocycles. The number of ether oxygens (including phenoxy) is 1. The number of rotatable bonds is 5. The second-order valence-corrected chi connectivity index (χ2v) is 7.48. The van der Waals surface area contributed by atoms with Gasteiger partial charge in [-0.2, -0.15) is 0 Å². The van der Waals surface area contributed by atoms with Crippen LogP contribution in [-0.4, -0.2) is 56.2 Å². The van der Waals surface area contributed by atoms with Crippen molar-refractivity contribution in [2.24, 2.45) is 5.92 Å². The van der Waals surface area contributed by atoms with Crippen molar-refractivity contribution in [3.63, 3.8) is 0 Å². The Morgan fingerprint density at radius 1 is 1.42 bits per heavy atom. The summed E-state index contributed by atoms with van der Waals surface area (Å²) in [5.41, 5.74) is 1.15. The third kappa shape index (κ3) is 5.83. The molecule has 5 nitrogen and oxygen atoms in total. The van der Waals surface area contributed by atoms with Crippen LogP contribution < -0.4 is 10.6 Å². The van der Waals surface area contributed by atoms with Gasteiger partial charge in [-0.25, -0.2) is 0 Å². The number of benzene rings is 1. The third-order valence-electron chi connectivity index (χ3n) is 5.18. The van der Waals surface area contributed by atoms with E-state index < -0.39 is 0 Å². The number of carbonyl (C=O) groups excluding carboxylic acids is 1. The largest absolute Gasteiger partial charge is 0.379 e. The van der Waals surface area contributed by atoms with Gasteiger partial charge >= 0.3 is 0 Å². The van der Waals surface area contributed by atoms with Crippen molar-refractivity contribution in [1.82, 2.24) is 15.5 Å². The van der Waals surface area contributed by atoms with Gasteiger partial charge in [0.05, 0.1) is 19.3 Å². The molecule has 3 rings (SSSR count). The highest BCUT2D eigenvalue weighted by Crippen LogP contribution is 2.24. The summed E-state index contributed by atoms with van der Waals surface area (Å²) in [5, 5.41) is 7.33. The predicted molar refractivity (Wildman–Crippen MR) is 107 cm³/mol. The predicted octanol–water partition coefficient (Wildman–Crippen LogP) is 2.64. The summed E-state index contributed by atoms with van der Waals surface area (Å²) in [6.45, 7) is 6.88. The van der Waals surface area contributed by atoms with Gasteiger partial charge in [0.15, 0.2) is 0 Å². The molecule has 0 saturated carbocycles. The van der Waals surface area contributed by atoms with Crippen molar-refractivity contribution in [2.45, 2.75) is 31.8 Å². The first kappa shape index (κ1) is 21.5. The standard InChI is InChI=1S/C19H28ClN3O2.ClH/c1-14-11-16(5-6-21-14)19(24)22-13-18(23-7-9-25-10-8-23)15-3-2-4-17(20)12-15;/h2-4,12,14,16,18,21H,5-11,13H2,1H3,(H,22,24);1H/t14-,16-,18?;/m0./s1. The summed E-state index contributed by atoms with van der Waals surface area (Å²) in [6.07, 6.45) is 1.82. The molecule has 7 heteroatoms. The number of piperidine rings is 1. The molecule has 1 aromatic carbocycles. The van der Waals surface area contributed by atoms with E-state index in [2.05, 4.69) is 28.5 Å². The fourth-order valence-corrected chi connectivity index (χ4v) is 3.97. The molecule has 1 aromatic rings. The zero-order valence-electron chi connectivity index (χ0n) is 15.2. The van der Waals surface area contributed by atoms with Crippen LogP contribution in [0.2, 0.25) is 5.02 Å². The minimum absolute atomic E-state index is 0. The Labute approximate surface area is 167 Å². The van der Waals surface area contributed by atoms with Gasteiger partial charge in [0.25, 0.3) is 0 Å². The monoisotopic (exact) mass is 401 g/mol. The molecule has 1 amide bonds. The van der Waals surface area contributed by atoms with Crippen LogP contribution in [0, 0.1) is 5.92 Å². The maximum absolute atomic E-state index is 12.6. The first-order valence-electron chi connectivity index (χ1n) is 9.22. The van der Waals surface area contributed by atoms with Crippen molar-refractivity contribution in [1.29, 1.82) is 0 Å². The van der Waals surface area contributed by atoms with Gasteiger partial charge < -0.3 is 15.4 Å². The highest BCUT2D eigenvalue weighted by molar-refractivity contribution is 6.30. The minimum Gasteiger partial charge on any atom is -0.379 e. The first-order chi connectivity index (χ1) is 12.1. The maximum atomic E-state index is 12.6. The molecule has 0 aliphatic carbocycles. The van der Waals surface area contributed by atoms with Crippen LogP contribution in [0.25, 0.3) is 0 Å². The topological polar surface area (TPSA) is 53.6 Å².